The summed E-state index contributed by atoms with van der Waals surface area (Å²) in [5.74, 6) is 0.152. The van der Waals surface area contributed by atoms with Crippen molar-refractivity contribution in [1.82, 2.24) is 4.90 Å². The molecule has 1 amide bonds. The second kappa shape index (κ2) is 6.43. The molecule has 0 spiro atoms. The van der Waals surface area contributed by atoms with Gasteiger partial charge in [0.2, 0.25) is 5.91 Å². The Balaban J connectivity index is 1.99. The van der Waals surface area contributed by atoms with Crippen molar-refractivity contribution in [3.63, 3.8) is 0 Å². The van der Waals surface area contributed by atoms with Gasteiger partial charge in [0.1, 0.15) is 0 Å². The van der Waals surface area contributed by atoms with Crippen molar-refractivity contribution >= 4 is 28.9 Å². The number of carbonyl (C=O) groups excluding carboxylic acids is 1. The molecule has 110 valence electrons. The van der Waals surface area contributed by atoms with Crippen molar-refractivity contribution in [3.8, 4) is 0 Å². The van der Waals surface area contributed by atoms with E-state index in [4.69, 9.17) is 22.4 Å². The standard InChI is InChI=1S/C14H20ClN3O2/c1-9(18-5-4-10(7-18)8-19)14(20)17-13-6-11(15)2-3-12(13)16/h2-3,6,9-10,19H,4-5,7-8,16H2,1H3,(H,17,20). The van der Waals surface area contributed by atoms with E-state index >= 15 is 0 Å². The van der Waals surface area contributed by atoms with Gasteiger partial charge in [0.25, 0.3) is 0 Å². The van der Waals surface area contributed by atoms with Crippen molar-refractivity contribution in [2.24, 2.45) is 5.92 Å². The second-order valence-electron chi connectivity index (χ2n) is 5.23. The van der Waals surface area contributed by atoms with Crippen LogP contribution in [-0.4, -0.2) is 41.7 Å². The molecule has 0 saturated carbocycles. The van der Waals surface area contributed by atoms with Crippen molar-refractivity contribution in [2.75, 3.05) is 30.7 Å². The van der Waals surface area contributed by atoms with Crippen LogP contribution in [0.5, 0.6) is 0 Å². The van der Waals surface area contributed by atoms with E-state index in [2.05, 4.69) is 10.2 Å². The molecule has 5 nitrogen and oxygen atoms in total. The molecule has 1 aromatic rings. The van der Waals surface area contributed by atoms with Crippen LogP contribution >= 0.6 is 11.6 Å². The minimum Gasteiger partial charge on any atom is -0.397 e. The van der Waals surface area contributed by atoms with Crippen LogP contribution in [0.1, 0.15) is 13.3 Å². The molecule has 1 aromatic carbocycles. The van der Waals surface area contributed by atoms with Crippen LogP contribution in [0, 0.1) is 5.92 Å². The fourth-order valence-electron chi connectivity index (χ4n) is 2.40. The summed E-state index contributed by atoms with van der Waals surface area (Å²) in [6, 6.07) is 4.73. The van der Waals surface area contributed by atoms with Gasteiger partial charge in [-0.1, -0.05) is 11.6 Å². The molecule has 0 radical (unpaired) electrons. The topological polar surface area (TPSA) is 78.6 Å². The number of hydrogen-bond donors (Lipinski definition) is 3. The molecular formula is C14H20ClN3O2. The molecule has 1 saturated heterocycles. The SMILES string of the molecule is CC(C(=O)Nc1cc(Cl)ccc1N)N1CCC(CO)C1. The number of aliphatic hydroxyl groups is 1. The van der Waals surface area contributed by atoms with Crippen molar-refractivity contribution in [2.45, 2.75) is 19.4 Å². The molecule has 2 atom stereocenters. The first-order valence-electron chi connectivity index (χ1n) is 6.72. The number of aliphatic hydroxyl groups excluding tert-OH is 1. The summed E-state index contributed by atoms with van der Waals surface area (Å²) in [5, 5.41) is 12.5. The van der Waals surface area contributed by atoms with Gasteiger partial charge in [0, 0.05) is 18.2 Å². The van der Waals surface area contributed by atoms with Crippen LogP contribution in [0.4, 0.5) is 11.4 Å². The van der Waals surface area contributed by atoms with Crippen molar-refractivity contribution in [3.05, 3.63) is 23.2 Å². The molecular weight excluding hydrogens is 278 g/mol. The zero-order chi connectivity index (χ0) is 14.7. The maximum Gasteiger partial charge on any atom is 0.241 e. The van der Waals surface area contributed by atoms with E-state index in [0.717, 1.165) is 19.5 Å². The van der Waals surface area contributed by atoms with Crippen LogP contribution in [0.2, 0.25) is 5.02 Å². The Morgan fingerprint density at radius 3 is 3.05 bits per heavy atom. The van der Waals surface area contributed by atoms with Gasteiger partial charge in [-0.15, -0.1) is 0 Å². The fraction of sp³-hybridized carbons (Fsp3) is 0.500. The molecule has 0 aromatic heterocycles. The third-order valence-corrected chi connectivity index (χ3v) is 4.01. The number of anilines is 2. The predicted molar refractivity (Wildman–Crippen MR) is 80.7 cm³/mol. The van der Waals surface area contributed by atoms with Gasteiger partial charge >= 0.3 is 0 Å². The monoisotopic (exact) mass is 297 g/mol. The molecule has 4 N–H and O–H groups in total. The van der Waals surface area contributed by atoms with Crippen LogP contribution in [0.3, 0.4) is 0 Å². The summed E-state index contributed by atoms with van der Waals surface area (Å²) < 4.78 is 0. The van der Waals surface area contributed by atoms with E-state index in [1.807, 2.05) is 6.92 Å². The van der Waals surface area contributed by atoms with E-state index in [9.17, 15) is 4.79 Å². The predicted octanol–water partition coefficient (Wildman–Crippen LogP) is 1.56. The highest BCUT2D eigenvalue weighted by molar-refractivity contribution is 6.31. The van der Waals surface area contributed by atoms with Crippen LogP contribution in [0.25, 0.3) is 0 Å². The first-order chi connectivity index (χ1) is 9.51. The minimum atomic E-state index is -0.259. The molecule has 0 aliphatic carbocycles. The average Bonchev–Trinajstić information content (AvgIpc) is 2.90. The van der Waals surface area contributed by atoms with Crippen LogP contribution in [0.15, 0.2) is 18.2 Å². The largest absolute Gasteiger partial charge is 0.397 e. The number of nitrogens with zero attached hydrogens (tertiary/aromatic N) is 1. The quantitative estimate of drug-likeness (QED) is 0.737. The average molecular weight is 298 g/mol. The zero-order valence-electron chi connectivity index (χ0n) is 11.5. The number of benzene rings is 1. The first kappa shape index (κ1) is 15.1. The summed E-state index contributed by atoms with van der Waals surface area (Å²) in [6.45, 7) is 3.60. The normalized spacial score (nSPS) is 20.9. The molecule has 6 heteroatoms. The Morgan fingerprint density at radius 2 is 2.40 bits per heavy atom. The number of likely N-dealkylation sites (tertiary alicyclic amines) is 1. The summed E-state index contributed by atoms with van der Waals surface area (Å²) >= 11 is 5.90. The highest BCUT2D eigenvalue weighted by atomic mass is 35.5. The lowest BCUT2D eigenvalue weighted by molar-refractivity contribution is -0.120. The molecule has 2 unspecified atom stereocenters. The zero-order valence-corrected chi connectivity index (χ0v) is 12.2. The van der Waals surface area contributed by atoms with E-state index in [1.54, 1.807) is 18.2 Å². The Hall–Kier alpha value is -1.30. The van der Waals surface area contributed by atoms with Gasteiger partial charge in [0.05, 0.1) is 17.4 Å². The van der Waals surface area contributed by atoms with Crippen molar-refractivity contribution < 1.29 is 9.90 Å². The van der Waals surface area contributed by atoms with Crippen molar-refractivity contribution in [1.29, 1.82) is 0 Å². The summed E-state index contributed by atoms with van der Waals surface area (Å²) in [5.41, 5.74) is 6.84. The molecule has 1 aliphatic heterocycles. The second-order valence-corrected chi connectivity index (χ2v) is 5.67. The number of hydrogen-bond acceptors (Lipinski definition) is 4. The Kier molecular flexibility index (Phi) is 4.86. The molecule has 2 rings (SSSR count). The summed E-state index contributed by atoms with van der Waals surface area (Å²) in [4.78, 5) is 14.3. The number of nitrogens with one attached hydrogen (secondary N) is 1. The van der Waals surface area contributed by atoms with E-state index in [1.165, 1.54) is 0 Å². The maximum absolute atomic E-state index is 12.2. The Labute approximate surface area is 123 Å². The number of rotatable bonds is 4. The third-order valence-electron chi connectivity index (χ3n) is 3.78. The number of amides is 1. The molecule has 1 aliphatic rings. The highest BCUT2D eigenvalue weighted by Gasteiger charge is 2.29. The minimum absolute atomic E-state index is 0.113. The van der Waals surface area contributed by atoms with E-state index in [0.29, 0.717) is 16.4 Å². The van der Waals surface area contributed by atoms with Crippen LogP contribution in [-0.2, 0) is 4.79 Å². The number of nitrogen functional groups attached to an aromatic ring is 1. The maximum atomic E-state index is 12.2. The van der Waals surface area contributed by atoms with Gasteiger partial charge in [-0.2, -0.15) is 0 Å². The van der Waals surface area contributed by atoms with E-state index < -0.39 is 0 Å². The lowest BCUT2D eigenvalue weighted by atomic mass is 10.1. The lowest BCUT2D eigenvalue weighted by Gasteiger charge is -2.23. The van der Waals surface area contributed by atoms with E-state index in [-0.39, 0.29) is 24.5 Å². The van der Waals surface area contributed by atoms with Gasteiger partial charge in [-0.25, -0.2) is 0 Å². The van der Waals surface area contributed by atoms with Gasteiger partial charge in [-0.05, 0) is 44.0 Å². The summed E-state index contributed by atoms with van der Waals surface area (Å²) in [7, 11) is 0. The first-order valence-corrected chi connectivity index (χ1v) is 7.10. The Morgan fingerprint density at radius 1 is 1.65 bits per heavy atom. The lowest BCUT2D eigenvalue weighted by Crippen LogP contribution is -2.41. The van der Waals surface area contributed by atoms with Gasteiger partial charge in [0.15, 0.2) is 0 Å². The number of carbonyl (C=O) groups is 1. The molecule has 20 heavy (non-hydrogen) atoms. The number of halogens is 1. The third kappa shape index (κ3) is 3.42. The molecule has 1 heterocycles. The molecule has 1 fully saturated rings. The summed E-state index contributed by atoms with van der Waals surface area (Å²) in [6.07, 6.45) is 0.924. The van der Waals surface area contributed by atoms with Gasteiger partial charge < -0.3 is 16.2 Å². The Bertz CT molecular complexity index is 495. The highest BCUT2D eigenvalue weighted by Crippen LogP contribution is 2.24. The number of nitrogens with two attached hydrogens (primary N) is 1. The molecule has 0 bridgehead atoms. The fourth-order valence-corrected chi connectivity index (χ4v) is 2.58. The smallest absolute Gasteiger partial charge is 0.241 e. The van der Waals surface area contributed by atoms with Crippen LogP contribution < -0.4 is 11.1 Å². The van der Waals surface area contributed by atoms with Gasteiger partial charge in [-0.3, -0.25) is 9.69 Å².